The lowest BCUT2D eigenvalue weighted by atomic mass is 10.1. The highest BCUT2D eigenvalue weighted by atomic mass is 32.1. The van der Waals surface area contributed by atoms with Gasteiger partial charge in [-0.15, -0.1) is 11.3 Å². The fourth-order valence-electron chi connectivity index (χ4n) is 3.21. The van der Waals surface area contributed by atoms with Gasteiger partial charge < -0.3 is 5.73 Å². The third kappa shape index (κ3) is 4.86. The number of hydrogen-bond acceptors (Lipinski definition) is 5. The predicted octanol–water partition coefficient (Wildman–Crippen LogP) is 4.50. The number of rotatable bonds is 6. The van der Waals surface area contributed by atoms with Crippen molar-refractivity contribution in [3.05, 3.63) is 81.6 Å². The van der Waals surface area contributed by atoms with Crippen LogP contribution >= 0.6 is 11.3 Å². The summed E-state index contributed by atoms with van der Waals surface area (Å²) >= 11 is 1.40. The summed E-state index contributed by atoms with van der Waals surface area (Å²) in [7, 11) is 0. The highest BCUT2D eigenvalue weighted by Gasteiger charge is 2.32. The summed E-state index contributed by atoms with van der Waals surface area (Å²) < 4.78 is 66.9. The number of fused-ring (bicyclic) bond motifs is 1. The molecule has 0 aliphatic rings. The van der Waals surface area contributed by atoms with Gasteiger partial charge in [0, 0.05) is 33.5 Å². The minimum absolute atomic E-state index is 0.190. The van der Waals surface area contributed by atoms with Crippen LogP contribution in [-0.4, -0.2) is 25.9 Å². The molecule has 0 atom stereocenters. The highest BCUT2D eigenvalue weighted by Crippen LogP contribution is 2.32. The lowest BCUT2D eigenvalue weighted by Gasteiger charge is -2.06. The van der Waals surface area contributed by atoms with Crippen molar-refractivity contribution in [3.8, 4) is 11.1 Å². The molecule has 4 aromatic rings. The number of hydrogen-bond donors (Lipinski definition) is 1. The topological polar surface area (TPSA) is 78.7 Å². The van der Waals surface area contributed by atoms with Gasteiger partial charge in [-0.25, -0.2) is 9.48 Å². The number of aromatic nitrogens is 4. The molecule has 3 heterocycles. The standard InChI is InChI=1S/C21H16F5N5OS/c22-19(23)15(7-27)9-31-20(32)30(11-29-31)10-16-5-13-2-1-12(6-17(13)33-16)14-3-4-18(28-8-14)21(24,25)26/h1-6,8,11H,7,9-10,27H2. The monoisotopic (exact) mass is 481 g/mol. The van der Waals surface area contributed by atoms with Crippen LogP contribution in [0.5, 0.6) is 0 Å². The van der Waals surface area contributed by atoms with Crippen molar-refractivity contribution in [2.24, 2.45) is 5.73 Å². The number of nitrogens with zero attached hydrogens (tertiary/aromatic N) is 4. The number of benzene rings is 1. The van der Waals surface area contributed by atoms with E-state index in [9.17, 15) is 26.7 Å². The van der Waals surface area contributed by atoms with Crippen LogP contribution in [0.2, 0.25) is 0 Å². The molecule has 2 N–H and O–H groups in total. The lowest BCUT2D eigenvalue weighted by molar-refractivity contribution is -0.141. The van der Waals surface area contributed by atoms with Crippen LogP contribution in [-0.2, 0) is 19.3 Å². The maximum Gasteiger partial charge on any atom is 0.433 e. The summed E-state index contributed by atoms with van der Waals surface area (Å²) in [5.41, 5.74) is 4.66. The SMILES string of the molecule is NCC(Cn1ncn(Cc2cc3ccc(-c4ccc(C(F)(F)F)nc4)cc3s2)c1=O)=C(F)F. The van der Waals surface area contributed by atoms with Gasteiger partial charge in [-0.05, 0) is 29.1 Å². The maximum absolute atomic E-state index is 12.8. The fraction of sp³-hybridized carbons (Fsp3) is 0.190. The molecule has 0 radical (unpaired) electrons. The molecule has 1 aromatic carbocycles. The second-order valence-corrected chi connectivity index (χ2v) is 8.33. The van der Waals surface area contributed by atoms with E-state index in [4.69, 9.17) is 5.73 Å². The molecule has 0 fully saturated rings. The minimum Gasteiger partial charge on any atom is -0.327 e. The summed E-state index contributed by atoms with van der Waals surface area (Å²) in [5.74, 6) is 0. The zero-order valence-electron chi connectivity index (χ0n) is 16.8. The minimum atomic E-state index is -4.50. The van der Waals surface area contributed by atoms with Crippen LogP contribution in [0.15, 0.2) is 65.4 Å². The van der Waals surface area contributed by atoms with Crippen molar-refractivity contribution >= 4 is 21.4 Å². The average Bonchev–Trinajstić information content (AvgIpc) is 3.33. The highest BCUT2D eigenvalue weighted by molar-refractivity contribution is 7.19. The van der Waals surface area contributed by atoms with Crippen LogP contribution in [0, 0.1) is 0 Å². The molecule has 0 saturated heterocycles. The maximum atomic E-state index is 12.8. The molecule has 0 aliphatic carbocycles. The van der Waals surface area contributed by atoms with Crippen LogP contribution < -0.4 is 11.4 Å². The smallest absolute Gasteiger partial charge is 0.327 e. The molecule has 0 spiro atoms. The normalized spacial score (nSPS) is 11.8. The van der Waals surface area contributed by atoms with Crippen molar-refractivity contribution < 1.29 is 22.0 Å². The Morgan fingerprint density at radius 1 is 1.09 bits per heavy atom. The second-order valence-electron chi connectivity index (χ2n) is 7.16. The third-order valence-electron chi connectivity index (χ3n) is 4.94. The van der Waals surface area contributed by atoms with Crippen LogP contribution in [0.1, 0.15) is 10.6 Å². The van der Waals surface area contributed by atoms with E-state index in [1.54, 1.807) is 6.07 Å². The average molecular weight is 481 g/mol. The number of halogens is 5. The van der Waals surface area contributed by atoms with E-state index in [1.807, 2.05) is 18.2 Å². The molecular weight excluding hydrogens is 465 g/mol. The number of pyridine rings is 1. The number of nitrogens with two attached hydrogens (primary N) is 1. The van der Waals surface area contributed by atoms with Gasteiger partial charge in [0.25, 0.3) is 6.08 Å². The zero-order chi connectivity index (χ0) is 23.8. The van der Waals surface area contributed by atoms with Crippen molar-refractivity contribution in [1.29, 1.82) is 0 Å². The van der Waals surface area contributed by atoms with Gasteiger partial charge in [-0.1, -0.05) is 18.2 Å². The molecule has 0 saturated carbocycles. The first kappa shape index (κ1) is 22.8. The molecule has 6 nitrogen and oxygen atoms in total. The van der Waals surface area contributed by atoms with E-state index >= 15 is 0 Å². The summed E-state index contributed by atoms with van der Waals surface area (Å²) in [4.78, 5) is 16.8. The van der Waals surface area contributed by atoms with E-state index in [0.717, 1.165) is 25.7 Å². The fourth-order valence-corrected chi connectivity index (χ4v) is 4.32. The second kappa shape index (κ2) is 8.87. The van der Waals surface area contributed by atoms with E-state index in [2.05, 4.69) is 10.1 Å². The first-order valence-electron chi connectivity index (χ1n) is 9.57. The van der Waals surface area contributed by atoms with Gasteiger partial charge >= 0.3 is 11.9 Å². The van der Waals surface area contributed by atoms with Gasteiger partial charge in [0.05, 0.1) is 13.1 Å². The predicted molar refractivity (Wildman–Crippen MR) is 114 cm³/mol. The Morgan fingerprint density at radius 3 is 2.48 bits per heavy atom. The zero-order valence-corrected chi connectivity index (χ0v) is 17.6. The first-order chi connectivity index (χ1) is 15.7. The van der Waals surface area contributed by atoms with Crippen molar-refractivity contribution in [3.63, 3.8) is 0 Å². The lowest BCUT2D eigenvalue weighted by Crippen LogP contribution is -2.27. The van der Waals surface area contributed by atoms with Gasteiger partial charge in [0.15, 0.2) is 0 Å². The van der Waals surface area contributed by atoms with Gasteiger partial charge in [0.1, 0.15) is 12.0 Å². The molecule has 0 unspecified atom stereocenters. The Bertz CT molecular complexity index is 1380. The van der Waals surface area contributed by atoms with Crippen molar-refractivity contribution in [2.45, 2.75) is 19.3 Å². The van der Waals surface area contributed by atoms with Gasteiger partial charge in [0.2, 0.25) is 0 Å². The molecule has 0 amide bonds. The summed E-state index contributed by atoms with van der Waals surface area (Å²) in [6.07, 6.45) is -3.98. The Morgan fingerprint density at radius 2 is 1.85 bits per heavy atom. The molecule has 0 bridgehead atoms. The molecular formula is C21H16F5N5OS. The van der Waals surface area contributed by atoms with E-state index in [0.29, 0.717) is 11.1 Å². The first-order valence-corrected chi connectivity index (χ1v) is 10.4. The van der Waals surface area contributed by atoms with Gasteiger partial charge in [-0.3, -0.25) is 9.55 Å². The van der Waals surface area contributed by atoms with Gasteiger partial charge in [-0.2, -0.15) is 27.1 Å². The van der Waals surface area contributed by atoms with E-state index in [-0.39, 0.29) is 25.2 Å². The van der Waals surface area contributed by atoms with Crippen molar-refractivity contribution in [2.75, 3.05) is 6.54 Å². The molecule has 172 valence electrons. The molecule has 0 aliphatic heterocycles. The summed E-state index contributed by atoms with van der Waals surface area (Å²) in [6.45, 7) is -0.578. The third-order valence-corrected chi connectivity index (χ3v) is 6.02. The van der Waals surface area contributed by atoms with Crippen molar-refractivity contribution in [1.82, 2.24) is 19.3 Å². The molecule has 4 rings (SSSR count). The molecule has 33 heavy (non-hydrogen) atoms. The van der Waals surface area contributed by atoms with Crippen LogP contribution in [0.3, 0.4) is 0 Å². The van der Waals surface area contributed by atoms with Crippen LogP contribution in [0.25, 0.3) is 21.2 Å². The number of alkyl halides is 3. The van der Waals surface area contributed by atoms with Crippen LogP contribution in [0.4, 0.5) is 22.0 Å². The largest absolute Gasteiger partial charge is 0.433 e. The Labute approximate surface area is 187 Å². The molecule has 12 heteroatoms. The Balaban J connectivity index is 1.56. The summed E-state index contributed by atoms with van der Waals surface area (Å²) in [6, 6.07) is 9.62. The van der Waals surface area contributed by atoms with E-state index < -0.39 is 23.6 Å². The Hall–Kier alpha value is -3.38. The summed E-state index contributed by atoms with van der Waals surface area (Å²) in [5, 5.41) is 4.77. The van der Waals surface area contributed by atoms with E-state index in [1.165, 1.54) is 34.5 Å². The molecule has 3 aromatic heterocycles. The quantitative estimate of drug-likeness (QED) is 0.412. The Kier molecular flexibility index (Phi) is 6.13. The number of thiophene rings is 1.